The number of furan rings is 1. The van der Waals surface area contributed by atoms with Crippen LogP contribution >= 0.6 is 15.9 Å². The molecule has 2 aromatic carbocycles. The van der Waals surface area contributed by atoms with Gasteiger partial charge in [0, 0.05) is 12.1 Å². The van der Waals surface area contributed by atoms with Crippen molar-refractivity contribution in [1.82, 2.24) is 5.43 Å². The Bertz CT molecular complexity index is 1290. The molecule has 0 fully saturated rings. The Hall–Kier alpha value is -3.38. The zero-order valence-corrected chi connectivity index (χ0v) is 20.8. The molecule has 0 unspecified atom stereocenters. The van der Waals surface area contributed by atoms with E-state index in [1.165, 1.54) is 50.8 Å². The first-order valence-corrected chi connectivity index (χ1v) is 12.0. The lowest BCUT2D eigenvalue weighted by molar-refractivity contribution is -0.119. The minimum atomic E-state index is -4.26. The van der Waals surface area contributed by atoms with Crippen LogP contribution in [0.3, 0.4) is 0 Å². The molecule has 1 N–H and O–H groups in total. The number of rotatable bonds is 9. The van der Waals surface area contributed by atoms with Crippen LogP contribution in [0, 0.1) is 12.7 Å². The van der Waals surface area contributed by atoms with Crippen molar-refractivity contribution in [3.05, 3.63) is 70.3 Å². The van der Waals surface area contributed by atoms with Gasteiger partial charge < -0.3 is 13.9 Å². The van der Waals surface area contributed by atoms with Gasteiger partial charge in [-0.15, -0.1) is 0 Å². The molecule has 0 aliphatic carbocycles. The highest BCUT2D eigenvalue weighted by Gasteiger charge is 2.28. The van der Waals surface area contributed by atoms with Crippen LogP contribution in [0.5, 0.6) is 11.5 Å². The number of halogens is 2. The van der Waals surface area contributed by atoms with Gasteiger partial charge in [0.2, 0.25) is 0 Å². The smallest absolute Gasteiger partial charge is 0.264 e. The molecule has 3 rings (SSSR count). The van der Waals surface area contributed by atoms with Crippen LogP contribution in [-0.4, -0.2) is 41.3 Å². The Morgan fingerprint density at radius 2 is 1.82 bits per heavy atom. The number of hydrogen-bond acceptors (Lipinski definition) is 7. The van der Waals surface area contributed by atoms with Crippen LogP contribution in [0.15, 0.2) is 67.4 Å². The largest absolute Gasteiger partial charge is 0.493 e. The predicted octanol–water partition coefficient (Wildman–Crippen LogP) is 3.85. The number of ether oxygens (including phenoxy) is 2. The van der Waals surface area contributed by atoms with Gasteiger partial charge in [0.05, 0.1) is 35.5 Å². The number of carbonyl (C=O) groups excluding carboxylic acids is 1. The average Bonchev–Trinajstić information content (AvgIpc) is 3.14. The molecular weight excluding hydrogens is 533 g/mol. The molecule has 0 spiro atoms. The predicted molar refractivity (Wildman–Crippen MR) is 127 cm³/mol. The SMILES string of the molecule is COc1ccc(S(=O)(=O)N(CC(=O)N/N=C\c2cc(Br)c(C)o2)c2ccc(F)cc2)cc1OC. The fraction of sp³-hybridized carbons (Fsp3) is 0.182. The molecule has 0 atom stereocenters. The van der Waals surface area contributed by atoms with E-state index in [1.807, 2.05) is 0 Å². The lowest BCUT2D eigenvalue weighted by atomic mass is 10.3. The third kappa shape index (κ3) is 5.75. The Morgan fingerprint density at radius 1 is 1.15 bits per heavy atom. The number of nitrogens with zero attached hydrogens (tertiary/aromatic N) is 2. The molecule has 0 saturated carbocycles. The van der Waals surface area contributed by atoms with Gasteiger partial charge in [-0.3, -0.25) is 9.10 Å². The van der Waals surface area contributed by atoms with Gasteiger partial charge >= 0.3 is 0 Å². The number of anilines is 1. The van der Waals surface area contributed by atoms with Gasteiger partial charge in [0.1, 0.15) is 23.9 Å². The van der Waals surface area contributed by atoms with Gasteiger partial charge in [0.15, 0.2) is 11.5 Å². The van der Waals surface area contributed by atoms with Crippen molar-refractivity contribution in [3.8, 4) is 11.5 Å². The van der Waals surface area contributed by atoms with Gasteiger partial charge in [-0.1, -0.05) is 0 Å². The first-order chi connectivity index (χ1) is 16.1. The number of hydrazone groups is 1. The van der Waals surface area contributed by atoms with E-state index in [1.54, 1.807) is 13.0 Å². The number of methoxy groups -OCH3 is 2. The molecule has 1 amide bonds. The lowest BCUT2D eigenvalue weighted by Gasteiger charge is -2.24. The second kappa shape index (κ2) is 10.7. The van der Waals surface area contributed by atoms with Crippen LogP contribution in [0.2, 0.25) is 0 Å². The van der Waals surface area contributed by atoms with Crippen LogP contribution in [0.1, 0.15) is 11.5 Å². The first kappa shape index (κ1) is 25.2. The van der Waals surface area contributed by atoms with Crippen molar-refractivity contribution < 1.29 is 31.5 Å². The summed E-state index contributed by atoms with van der Waals surface area (Å²) >= 11 is 3.30. The highest BCUT2D eigenvalue weighted by molar-refractivity contribution is 9.10. The molecule has 0 aliphatic heterocycles. The third-order valence-corrected chi connectivity index (χ3v) is 7.16. The fourth-order valence-electron chi connectivity index (χ4n) is 2.91. The summed E-state index contributed by atoms with van der Waals surface area (Å²) in [5.41, 5.74) is 2.35. The highest BCUT2D eigenvalue weighted by atomic mass is 79.9. The highest BCUT2D eigenvalue weighted by Crippen LogP contribution is 2.32. The van der Waals surface area contributed by atoms with E-state index < -0.39 is 28.3 Å². The normalized spacial score (nSPS) is 11.4. The quantitative estimate of drug-likeness (QED) is 0.318. The maximum atomic E-state index is 13.5. The summed E-state index contributed by atoms with van der Waals surface area (Å²) < 4.78 is 57.7. The van der Waals surface area contributed by atoms with Crippen molar-refractivity contribution in [2.24, 2.45) is 5.10 Å². The number of amides is 1. The van der Waals surface area contributed by atoms with Crippen LogP contribution in [-0.2, 0) is 14.8 Å². The van der Waals surface area contributed by atoms with Crippen LogP contribution in [0.4, 0.5) is 10.1 Å². The van der Waals surface area contributed by atoms with Gasteiger partial charge in [-0.05, 0) is 59.3 Å². The molecule has 9 nitrogen and oxygen atoms in total. The first-order valence-electron chi connectivity index (χ1n) is 9.74. The molecule has 180 valence electrons. The monoisotopic (exact) mass is 553 g/mol. The zero-order valence-electron chi connectivity index (χ0n) is 18.4. The van der Waals surface area contributed by atoms with Crippen molar-refractivity contribution in [2.75, 3.05) is 25.1 Å². The van der Waals surface area contributed by atoms with E-state index in [0.717, 1.165) is 20.9 Å². The van der Waals surface area contributed by atoms with Gasteiger partial charge in [-0.25, -0.2) is 18.2 Å². The van der Waals surface area contributed by atoms with Crippen LogP contribution < -0.4 is 19.2 Å². The maximum Gasteiger partial charge on any atom is 0.264 e. The number of benzene rings is 2. The van der Waals surface area contributed by atoms with E-state index in [0.29, 0.717) is 17.3 Å². The standard InChI is InChI=1S/C22H21BrFN3O6S/c1-14-19(23)10-17(33-14)12-25-26-22(28)13-27(16-6-4-15(24)5-7-16)34(29,30)18-8-9-20(31-2)21(11-18)32-3/h4-12H,13H2,1-3H3,(H,26,28)/b25-12-. The summed E-state index contributed by atoms with van der Waals surface area (Å²) in [6.45, 7) is 1.13. The molecule has 1 aromatic heterocycles. The minimum absolute atomic E-state index is 0.0842. The summed E-state index contributed by atoms with van der Waals surface area (Å²) in [7, 11) is -1.47. The summed E-state index contributed by atoms with van der Waals surface area (Å²) in [5, 5.41) is 3.80. The number of sulfonamides is 1. The Labute approximate surface area is 204 Å². The summed E-state index contributed by atoms with van der Waals surface area (Å²) in [5.74, 6) is 0.265. The minimum Gasteiger partial charge on any atom is -0.493 e. The summed E-state index contributed by atoms with van der Waals surface area (Å²) in [6, 6.07) is 10.4. The second-order valence-corrected chi connectivity index (χ2v) is 9.57. The molecular formula is C22H21BrFN3O6S. The molecule has 3 aromatic rings. The van der Waals surface area contributed by atoms with E-state index >= 15 is 0 Å². The zero-order chi connectivity index (χ0) is 24.9. The molecule has 34 heavy (non-hydrogen) atoms. The number of hydrogen-bond donors (Lipinski definition) is 1. The Morgan fingerprint density at radius 3 is 2.41 bits per heavy atom. The third-order valence-electron chi connectivity index (χ3n) is 4.60. The lowest BCUT2D eigenvalue weighted by Crippen LogP contribution is -2.39. The molecule has 12 heteroatoms. The Kier molecular flexibility index (Phi) is 7.94. The summed E-state index contributed by atoms with van der Waals surface area (Å²) in [4.78, 5) is 12.4. The van der Waals surface area contributed by atoms with Crippen molar-refractivity contribution in [2.45, 2.75) is 11.8 Å². The Balaban J connectivity index is 1.89. The number of aryl methyl sites for hydroxylation is 1. The van der Waals surface area contributed by atoms with Crippen LogP contribution in [0.25, 0.3) is 0 Å². The number of carbonyl (C=O) groups is 1. The van der Waals surface area contributed by atoms with E-state index in [2.05, 4.69) is 26.5 Å². The van der Waals surface area contributed by atoms with Gasteiger partial charge in [-0.2, -0.15) is 5.10 Å². The van der Waals surface area contributed by atoms with Gasteiger partial charge in [0.25, 0.3) is 15.9 Å². The van der Waals surface area contributed by atoms with E-state index in [-0.39, 0.29) is 16.3 Å². The topological polar surface area (TPSA) is 110 Å². The molecule has 0 saturated heterocycles. The fourth-order valence-corrected chi connectivity index (χ4v) is 4.65. The summed E-state index contributed by atoms with van der Waals surface area (Å²) in [6.07, 6.45) is 1.28. The van der Waals surface area contributed by atoms with Crippen molar-refractivity contribution in [1.29, 1.82) is 0 Å². The van der Waals surface area contributed by atoms with Crippen molar-refractivity contribution >= 4 is 43.8 Å². The van der Waals surface area contributed by atoms with E-state index in [9.17, 15) is 17.6 Å². The molecule has 1 heterocycles. The molecule has 0 bridgehead atoms. The molecule has 0 aliphatic rings. The number of nitrogens with one attached hydrogen (secondary N) is 1. The second-order valence-electron chi connectivity index (χ2n) is 6.85. The molecule has 0 radical (unpaired) electrons. The van der Waals surface area contributed by atoms with Crippen molar-refractivity contribution in [3.63, 3.8) is 0 Å². The maximum absolute atomic E-state index is 13.5. The van der Waals surface area contributed by atoms with E-state index in [4.69, 9.17) is 13.9 Å². The average molecular weight is 554 g/mol.